The maximum atomic E-state index is 12.8. The van der Waals surface area contributed by atoms with E-state index in [9.17, 15) is 13.2 Å². The number of methoxy groups -OCH3 is 1. The lowest BCUT2D eigenvalue weighted by Gasteiger charge is -2.22. The smallest absolute Gasteiger partial charge is 0.433 e. The molecule has 0 aliphatic heterocycles. The number of hydrogen-bond donors (Lipinski definition) is 1. The van der Waals surface area contributed by atoms with Crippen molar-refractivity contribution in [3.05, 3.63) is 89.2 Å². The molecule has 0 bridgehead atoms. The Morgan fingerprint density at radius 3 is 2.22 bits per heavy atom. The molecule has 0 unspecified atom stereocenters. The number of aromatic nitrogens is 3. The van der Waals surface area contributed by atoms with Crippen LogP contribution in [0.4, 0.5) is 19.0 Å². The third-order valence-electron chi connectivity index (χ3n) is 5.08. The molecule has 4 aromatic rings. The van der Waals surface area contributed by atoms with Crippen molar-refractivity contribution in [1.82, 2.24) is 20.0 Å². The van der Waals surface area contributed by atoms with Crippen molar-refractivity contribution in [1.29, 1.82) is 0 Å². The summed E-state index contributed by atoms with van der Waals surface area (Å²) < 4.78 is 43.8. The summed E-state index contributed by atoms with van der Waals surface area (Å²) in [4.78, 5) is 20.7. The Morgan fingerprint density at radius 2 is 1.65 bits per heavy atom. The lowest BCUT2D eigenvalue weighted by Crippen LogP contribution is -2.26. The first-order valence-corrected chi connectivity index (χ1v) is 11.2. The van der Waals surface area contributed by atoms with Gasteiger partial charge in [-0.1, -0.05) is 60.1 Å². The second-order valence-corrected chi connectivity index (χ2v) is 8.11. The summed E-state index contributed by atoms with van der Waals surface area (Å²) in [5, 5.41) is 2.30. The summed E-state index contributed by atoms with van der Waals surface area (Å²) in [6.07, 6.45) is -3.28. The first kappa shape index (κ1) is 27.6. The van der Waals surface area contributed by atoms with Crippen LogP contribution in [-0.2, 0) is 17.5 Å². The normalized spacial score (nSPS) is 11.0. The average Bonchev–Trinajstić information content (AvgIpc) is 2.90. The molecule has 0 fully saturated rings. The van der Waals surface area contributed by atoms with Crippen molar-refractivity contribution >= 4 is 24.2 Å². The molecule has 0 spiro atoms. The van der Waals surface area contributed by atoms with Crippen molar-refractivity contribution < 1.29 is 22.7 Å². The van der Waals surface area contributed by atoms with Crippen molar-refractivity contribution in [2.24, 2.45) is 0 Å². The van der Waals surface area contributed by atoms with Crippen LogP contribution in [0.2, 0.25) is 5.02 Å². The third-order valence-corrected chi connectivity index (χ3v) is 5.33. The quantitative estimate of drug-likeness (QED) is 0.287. The molecule has 192 valence electrons. The zero-order valence-electron chi connectivity index (χ0n) is 20.0. The average molecular weight is 530 g/mol. The van der Waals surface area contributed by atoms with Gasteiger partial charge >= 0.3 is 12.2 Å². The van der Waals surface area contributed by atoms with Crippen molar-refractivity contribution in [3.63, 3.8) is 0 Å². The molecule has 2 aromatic carbocycles. The molecular weight excluding hydrogens is 507 g/mol. The van der Waals surface area contributed by atoms with Gasteiger partial charge in [-0.25, -0.2) is 5.01 Å². The van der Waals surface area contributed by atoms with E-state index in [1.165, 1.54) is 19.4 Å². The summed E-state index contributed by atoms with van der Waals surface area (Å²) >= 11 is 6.08. The Morgan fingerprint density at radius 1 is 0.973 bits per heavy atom. The number of alkyl halides is 3. The Balaban J connectivity index is 0.00000186. The number of benzene rings is 2. The van der Waals surface area contributed by atoms with Gasteiger partial charge in [0, 0.05) is 30.4 Å². The lowest BCUT2D eigenvalue weighted by atomic mass is 10.00. The van der Waals surface area contributed by atoms with E-state index < -0.39 is 11.9 Å². The van der Waals surface area contributed by atoms with Crippen LogP contribution < -0.4 is 10.2 Å². The van der Waals surface area contributed by atoms with E-state index in [4.69, 9.17) is 21.1 Å². The Hall–Kier alpha value is -4.02. The van der Waals surface area contributed by atoms with Gasteiger partial charge < -0.3 is 15.0 Å². The number of ether oxygens (including phenoxy) is 1. The highest BCUT2D eigenvalue weighted by atomic mass is 35.5. The van der Waals surface area contributed by atoms with Crippen molar-refractivity contribution in [2.45, 2.75) is 12.7 Å². The fourth-order valence-electron chi connectivity index (χ4n) is 3.49. The Labute approximate surface area is 216 Å². The summed E-state index contributed by atoms with van der Waals surface area (Å²) in [6, 6.07) is 19.4. The molecule has 2 aromatic heterocycles. The number of rotatable bonds is 7. The number of hydrogen-bond acceptors (Lipinski definition) is 7. The minimum absolute atomic E-state index is 0.154. The van der Waals surface area contributed by atoms with E-state index in [2.05, 4.69) is 20.4 Å². The minimum atomic E-state index is -4.48. The maximum absolute atomic E-state index is 12.8. The second kappa shape index (κ2) is 12.3. The van der Waals surface area contributed by atoms with Crippen LogP contribution in [0.5, 0.6) is 6.01 Å². The largest absolute Gasteiger partial charge is 0.467 e. The number of carbonyl (C=O) groups is 1. The summed E-state index contributed by atoms with van der Waals surface area (Å²) in [6.45, 7) is 2.27. The van der Waals surface area contributed by atoms with Crippen molar-refractivity contribution in [3.8, 4) is 28.4 Å². The van der Waals surface area contributed by atoms with E-state index in [1.54, 1.807) is 24.2 Å². The molecule has 1 N–H and O–H groups in total. The number of nitrogens with zero attached hydrogens (tertiary/aromatic N) is 4. The molecule has 0 atom stereocenters. The molecule has 4 rings (SSSR count). The van der Waals surface area contributed by atoms with E-state index in [-0.39, 0.29) is 12.6 Å². The zero-order chi connectivity index (χ0) is 27.0. The van der Waals surface area contributed by atoms with Gasteiger partial charge in [-0.05, 0) is 29.3 Å². The molecule has 2 heterocycles. The van der Waals surface area contributed by atoms with Crippen LogP contribution in [0.15, 0.2) is 72.9 Å². The van der Waals surface area contributed by atoms with Gasteiger partial charge in [-0.3, -0.25) is 4.98 Å². The predicted molar refractivity (Wildman–Crippen MR) is 136 cm³/mol. The molecule has 0 aliphatic carbocycles. The lowest BCUT2D eigenvalue weighted by molar-refractivity contribution is -0.141. The number of carbonyl (C=O) groups excluding carboxylic acids is 1. The molecule has 0 radical (unpaired) electrons. The topological polar surface area (TPSA) is 80.2 Å². The van der Waals surface area contributed by atoms with Gasteiger partial charge in [0.1, 0.15) is 12.5 Å². The van der Waals surface area contributed by atoms with Crippen LogP contribution in [0.25, 0.3) is 22.4 Å². The standard InChI is InChI=1S/C25H21ClF3N5O.CH2O/c1-34(15-16-8-13-20(30-14-16)25(27,28)29)33-23-21(17-6-4-3-5-7-17)22(31-24(32-23)35-2)18-9-11-19(26)12-10-18;1-2/h3-14H,15H2,1-2H3,(H,31,32,33);1H2. The Bertz CT molecular complexity index is 1310. The highest BCUT2D eigenvalue weighted by molar-refractivity contribution is 6.30. The third kappa shape index (κ3) is 7.02. The number of hydrazine groups is 1. The van der Waals surface area contributed by atoms with E-state index in [0.717, 1.165) is 22.8 Å². The fourth-order valence-corrected chi connectivity index (χ4v) is 3.61. The first-order chi connectivity index (χ1) is 17.7. The van der Waals surface area contributed by atoms with Gasteiger partial charge in [-0.2, -0.15) is 23.1 Å². The van der Waals surface area contributed by atoms with Crippen LogP contribution in [-0.4, -0.2) is 40.9 Å². The molecule has 0 saturated carbocycles. The van der Waals surface area contributed by atoms with Crippen molar-refractivity contribution in [2.75, 3.05) is 19.6 Å². The highest BCUT2D eigenvalue weighted by Crippen LogP contribution is 2.37. The highest BCUT2D eigenvalue weighted by Gasteiger charge is 2.32. The molecule has 0 aliphatic rings. The molecule has 11 heteroatoms. The fraction of sp³-hybridized carbons (Fsp3) is 0.154. The number of halogens is 4. The molecule has 0 amide bonds. The number of pyridine rings is 1. The summed E-state index contributed by atoms with van der Waals surface area (Å²) in [7, 11) is 3.23. The van der Waals surface area contributed by atoms with Crippen LogP contribution in [0.1, 0.15) is 11.3 Å². The summed E-state index contributed by atoms with van der Waals surface area (Å²) in [5.41, 5.74) is 5.92. The SMILES string of the molecule is C=O.COc1nc(NN(C)Cc2ccc(C(F)(F)F)nc2)c(-c2ccccc2)c(-c2ccc(Cl)cc2)n1. The summed E-state index contributed by atoms with van der Waals surface area (Å²) in [5.74, 6) is 0.468. The van der Waals surface area contributed by atoms with E-state index >= 15 is 0 Å². The molecule has 37 heavy (non-hydrogen) atoms. The Kier molecular flexibility index (Phi) is 9.15. The second-order valence-electron chi connectivity index (χ2n) is 7.67. The number of anilines is 1. The van der Waals surface area contributed by atoms with Gasteiger partial charge in [0.2, 0.25) is 0 Å². The van der Waals surface area contributed by atoms with Crippen LogP contribution in [0.3, 0.4) is 0 Å². The minimum Gasteiger partial charge on any atom is -0.467 e. The molecular formula is C26H23ClF3N5O2. The van der Waals surface area contributed by atoms with Gasteiger partial charge in [0.25, 0.3) is 0 Å². The first-order valence-electron chi connectivity index (χ1n) is 10.8. The maximum Gasteiger partial charge on any atom is 0.433 e. The monoisotopic (exact) mass is 529 g/mol. The van der Waals surface area contributed by atoms with Crippen LogP contribution in [0, 0.1) is 0 Å². The number of nitrogens with one attached hydrogen (secondary N) is 1. The molecule has 0 saturated heterocycles. The van der Waals surface area contributed by atoms with E-state index in [1.807, 2.05) is 49.3 Å². The molecule has 7 nitrogen and oxygen atoms in total. The van der Waals surface area contributed by atoms with Crippen LogP contribution >= 0.6 is 11.6 Å². The predicted octanol–water partition coefficient (Wildman–Crippen LogP) is 6.16. The van der Waals surface area contributed by atoms with Gasteiger partial charge in [0.05, 0.1) is 18.4 Å². The van der Waals surface area contributed by atoms with Gasteiger partial charge in [0.15, 0.2) is 5.82 Å². The van der Waals surface area contributed by atoms with Gasteiger partial charge in [-0.15, -0.1) is 0 Å². The zero-order valence-corrected chi connectivity index (χ0v) is 20.7. The van der Waals surface area contributed by atoms with E-state index in [0.29, 0.717) is 22.1 Å².